The molecule has 1 saturated carbocycles. The van der Waals surface area contributed by atoms with E-state index in [1.807, 2.05) is 5.38 Å². The zero-order valence-electron chi connectivity index (χ0n) is 8.12. The van der Waals surface area contributed by atoms with E-state index in [1.165, 1.54) is 11.3 Å². The van der Waals surface area contributed by atoms with Gasteiger partial charge in [-0.05, 0) is 28.8 Å². The molecule has 1 aliphatic carbocycles. The van der Waals surface area contributed by atoms with Crippen molar-refractivity contribution < 1.29 is 9.59 Å². The number of hydrogen-bond donors (Lipinski definition) is 2. The monoisotopic (exact) mass is 301 g/mol. The number of imide groups is 1. The average Bonchev–Trinajstić information content (AvgIpc) is 2.80. The van der Waals surface area contributed by atoms with Crippen molar-refractivity contribution in [2.45, 2.75) is 24.3 Å². The summed E-state index contributed by atoms with van der Waals surface area (Å²) in [5.41, 5.74) is -0.271. The first kappa shape index (κ1) is 10.2. The number of halogens is 1. The summed E-state index contributed by atoms with van der Waals surface area (Å²) in [5, 5.41) is 7.74. The molecule has 2 heterocycles. The van der Waals surface area contributed by atoms with Gasteiger partial charge in [0.15, 0.2) is 0 Å². The Morgan fingerprint density at radius 2 is 2.25 bits per heavy atom. The van der Waals surface area contributed by atoms with Crippen LogP contribution in [0.2, 0.25) is 0 Å². The largest absolute Gasteiger partial charge is 0.325 e. The van der Waals surface area contributed by atoms with Gasteiger partial charge in [0, 0.05) is 5.38 Å². The van der Waals surface area contributed by atoms with E-state index in [9.17, 15) is 9.59 Å². The molecule has 0 aromatic carbocycles. The van der Waals surface area contributed by atoms with Gasteiger partial charge in [-0.15, -0.1) is 11.3 Å². The summed E-state index contributed by atoms with van der Waals surface area (Å²) < 4.78 is 0.781. The lowest BCUT2D eigenvalue weighted by Gasteiger charge is -2.17. The summed E-state index contributed by atoms with van der Waals surface area (Å²) in [6, 6.07) is -0.866. The molecule has 2 aliphatic rings. The Kier molecular flexibility index (Phi) is 2.09. The van der Waals surface area contributed by atoms with E-state index < -0.39 is 12.1 Å². The van der Waals surface area contributed by atoms with Gasteiger partial charge in [0.2, 0.25) is 0 Å². The highest BCUT2D eigenvalue weighted by Gasteiger charge is 2.58. The summed E-state index contributed by atoms with van der Waals surface area (Å²) in [6.45, 7) is 0. The van der Waals surface area contributed by atoms with Crippen LogP contribution in [0.4, 0.5) is 4.79 Å². The number of carbonyl (C=O) groups excluding carboxylic acids is 2. The first-order valence-corrected chi connectivity index (χ1v) is 6.52. The molecular weight excluding hydrogens is 294 g/mol. The van der Waals surface area contributed by atoms with Gasteiger partial charge in [-0.3, -0.25) is 10.1 Å². The second kappa shape index (κ2) is 3.27. The molecule has 0 spiro atoms. The molecule has 1 aliphatic heterocycles. The number of rotatable bonds is 2. The second-order valence-corrected chi connectivity index (χ2v) is 5.70. The Bertz CT molecular complexity index is 483. The van der Waals surface area contributed by atoms with E-state index in [1.54, 1.807) is 0 Å². The van der Waals surface area contributed by atoms with Crippen LogP contribution in [0.5, 0.6) is 0 Å². The van der Waals surface area contributed by atoms with Gasteiger partial charge in [-0.1, -0.05) is 0 Å². The van der Waals surface area contributed by atoms with Crippen LogP contribution < -0.4 is 10.6 Å². The zero-order chi connectivity index (χ0) is 11.3. The minimum absolute atomic E-state index is 0.242. The zero-order valence-corrected chi connectivity index (χ0v) is 10.5. The molecule has 1 aromatic rings. The molecule has 7 heteroatoms. The van der Waals surface area contributed by atoms with Crippen molar-refractivity contribution >= 4 is 39.2 Å². The first-order chi connectivity index (χ1) is 7.62. The highest BCUT2D eigenvalue weighted by atomic mass is 79.9. The quantitative estimate of drug-likeness (QED) is 0.805. The third-order valence-electron chi connectivity index (χ3n) is 3.02. The number of urea groups is 1. The van der Waals surface area contributed by atoms with E-state index in [0.717, 1.165) is 22.5 Å². The fourth-order valence-corrected chi connectivity index (χ4v) is 3.59. The van der Waals surface area contributed by atoms with Crippen molar-refractivity contribution in [2.24, 2.45) is 0 Å². The number of hydrogen-bond acceptors (Lipinski definition) is 4. The van der Waals surface area contributed by atoms with E-state index in [-0.39, 0.29) is 11.3 Å². The Balaban J connectivity index is 1.94. The van der Waals surface area contributed by atoms with Gasteiger partial charge in [0.25, 0.3) is 5.91 Å². The normalized spacial score (nSPS) is 26.4. The Morgan fingerprint density at radius 3 is 2.69 bits per heavy atom. The maximum atomic E-state index is 11.6. The molecule has 0 radical (unpaired) electrons. The van der Waals surface area contributed by atoms with Gasteiger partial charge in [-0.2, -0.15) is 0 Å². The van der Waals surface area contributed by atoms with Crippen LogP contribution in [0.15, 0.2) is 9.98 Å². The number of amides is 3. The van der Waals surface area contributed by atoms with Crippen molar-refractivity contribution in [1.29, 1.82) is 0 Å². The number of nitrogens with one attached hydrogen (secondary N) is 2. The lowest BCUT2D eigenvalue weighted by atomic mass is 9.97. The fraction of sp³-hybridized carbons (Fsp3) is 0.444. The summed E-state index contributed by atoms with van der Waals surface area (Å²) in [5.74, 6) is -0.242. The van der Waals surface area contributed by atoms with Crippen LogP contribution in [-0.4, -0.2) is 23.0 Å². The Labute approximate surface area is 104 Å². The number of carbonyl (C=O) groups is 2. The van der Waals surface area contributed by atoms with Crippen LogP contribution in [0.25, 0.3) is 0 Å². The minimum atomic E-state index is -0.460. The topological polar surface area (TPSA) is 71.1 Å². The number of nitrogens with zero attached hydrogens (tertiary/aromatic N) is 1. The molecule has 0 bridgehead atoms. The van der Waals surface area contributed by atoms with Crippen molar-refractivity contribution in [1.82, 2.24) is 15.6 Å². The van der Waals surface area contributed by atoms with Crippen LogP contribution >= 0.6 is 27.3 Å². The minimum Gasteiger partial charge on any atom is -0.325 e. The third-order valence-corrected chi connectivity index (χ3v) is 4.79. The van der Waals surface area contributed by atoms with Gasteiger partial charge in [0.1, 0.15) is 15.7 Å². The van der Waals surface area contributed by atoms with Crippen LogP contribution in [0.3, 0.4) is 0 Å². The van der Waals surface area contributed by atoms with Crippen molar-refractivity contribution in [3.8, 4) is 0 Å². The molecule has 3 amide bonds. The molecular formula is C9H8BrN3O2S. The third kappa shape index (κ3) is 1.38. The molecule has 16 heavy (non-hydrogen) atoms. The van der Waals surface area contributed by atoms with Crippen LogP contribution in [0.1, 0.15) is 17.8 Å². The highest BCUT2D eigenvalue weighted by Crippen LogP contribution is 2.52. The molecule has 1 saturated heterocycles. The molecule has 2 N–H and O–H groups in total. The summed E-state index contributed by atoms with van der Waals surface area (Å²) in [6.07, 6.45) is 1.79. The molecule has 1 atom stereocenters. The molecule has 5 nitrogen and oxygen atoms in total. The molecule has 84 valence electrons. The van der Waals surface area contributed by atoms with Gasteiger partial charge in [0.05, 0.1) is 5.41 Å². The predicted molar refractivity (Wildman–Crippen MR) is 61.2 cm³/mol. The molecule has 1 unspecified atom stereocenters. The second-order valence-electron chi connectivity index (χ2n) is 4.03. The lowest BCUT2D eigenvalue weighted by Crippen LogP contribution is -2.40. The molecule has 2 fully saturated rings. The fourth-order valence-electron chi connectivity index (χ4n) is 2.05. The smallest absolute Gasteiger partial charge is 0.322 e. The summed E-state index contributed by atoms with van der Waals surface area (Å²) in [4.78, 5) is 27.1. The van der Waals surface area contributed by atoms with Gasteiger partial charge >= 0.3 is 6.03 Å². The van der Waals surface area contributed by atoms with Crippen molar-refractivity contribution in [2.75, 3.05) is 0 Å². The number of aromatic nitrogens is 1. The number of thiazole rings is 1. The van der Waals surface area contributed by atoms with Gasteiger partial charge < -0.3 is 5.32 Å². The van der Waals surface area contributed by atoms with Crippen molar-refractivity contribution in [3.05, 3.63) is 15.0 Å². The summed E-state index contributed by atoms with van der Waals surface area (Å²) >= 11 is 4.82. The van der Waals surface area contributed by atoms with Crippen LogP contribution in [-0.2, 0) is 10.2 Å². The highest BCUT2D eigenvalue weighted by molar-refractivity contribution is 9.10. The van der Waals surface area contributed by atoms with E-state index >= 15 is 0 Å². The maximum Gasteiger partial charge on any atom is 0.322 e. The Hall–Kier alpha value is -0.950. The van der Waals surface area contributed by atoms with E-state index in [4.69, 9.17) is 0 Å². The SMILES string of the molecule is O=C1NC(=O)C(C2(c3nc(Br)cs3)CC2)N1. The average molecular weight is 302 g/mol. The lowest BCUT2D eigenvalue weighted by molar-refractivity contribution is -0.120. The molecule has 1 aromatic heterocycles. The van der Waals surface area contributed by atoms with E-state index in [2.05, 4.69) is 31.5 Å². The Morgan fingerprint density at radius 1 is 1.50 bits per heavy atom. The van der Waals surface area contributed by atoms with Crippen LogP contribution in [0, 0.1) is 0 Å². The standard InChI is InChI=1S/C9H8BrN3O2S/c10-4-3-16-7(11-4)9(1-2-9)5-6(14)13-8(15)12-5/h3,5H,1-2H2,(H2,12,13,14,15). The predicted octanol–water partition coefficient (Wildman–Crippen LogP) is 1.15. The van der Waals surface area contributed by atoms with Gasteiger partial charge in [-0.25, -0.2) is 9.78 Å². The first-order valence-electron chi connectivity index (χ1n) is 4.85. The molecule has 3 rings (SSSR count). The van der Waals surface area contributed by atoms with Crippen molar-refractivity contribution in [3.63, 3.8) is 0 Å². The van der Waals surface area contributed by atoms with E-state index in [0.29, 0.717) is 0 Å². The maximum absolute atomic E-state index is 11.6. The summed E-state index contributed by atoms with van der Waals surface area (Å²) in [7, 11) is 0.